The fourth-order valence-electron chi connectivity index (χ4n) is 4.32. The summed E-state index contributed by atoms with van der Waals surface area (Å²) in [5.74, 6) is 0.914. The zero-order chi connectivity index (χ0) is 25.5. The second kappa shape index (κ2) is 11.6. The Balaban J connectivity index is 2.07. The third-order valence-corrected chi connectivity index (χ3v) is 6.32. The topological polar surface area (TPSA) is 35.5 Å². The maximum atomic E-state index is 12.5. The molecule has 0 unspecified atom stereocenters. The Labute approximate surface area is 206 Å². The van der Waals surface area contributed by atoms with E-state index in [-0.39, 0.29) is 16.8 Å². The molecule has 0 N–H and O–H groups in total. The van der Waals surface area contributed by atoms with Crippen LogP contribution in [0, 0.1) is 5.41 Å². The van der Waals surface area contributed by atoms with Gasteiger partial charge in [0.1, 0.15) is 11.5 Å². The summed E-state index contributed by atoms with van der Waals surface area (Å²) in [6.07, 6.45) is 15.6. The molecule has 0 spiro atoms. The lowest BCUT2D eigenvalue weighted by Crippen LogP contribution is -2.19. The third kappa shape index (κ3) is 7.90. The second-order valence-corrected chi connectivity index (χ2v) is 11.0. The van der Waals surface area contributed by atoms with Crippen molar-refractivity contribution in [3.05, 3.63) is 82.5 Å². The number of allylic oxidation sites excluding steroid dienone is 9. The largest absolute Gasteiger partial charge is 0.497 e. The molecule has 0 radical (unpaired) electrons. The molecular weight excluding hydrogens is 420 g/mol. The van der Waals surface area contributed by atoms with Crippen LogP contribution in [0.3, 0.4) is 0 Å². The summed E-state index contributed by atoms with van der Waals surface area (Å²) < 4.78 is 11.0. The van der Waals surface area contributed by atoms with Gasteiger partial charge in [0.05, 0.1) is 7.11 Å². The fourth-order valence-corrected chi connectivity index (χ4v) is 4.32. The molecule has 0 atom stereocenters. The molecule has 0 aliphatic heterocycles. The van der Waals surface area contributed by atoms with E-state index in [1.807, 2.05) is 25.1 Å². The molecule has 0 amide bonds. The summed E-state index contributed by atoms with van der Waals surface area (Å²) in [4.78, 5) is 12.5. The Morgan fingerprint density at radius 2 is 1.79 bits per heavy atom. The second-order valence-electron chi connectivity index (χ2n) is 11.0. The van der Waals surface area contributed by atoms with Crippen molar-refractivity contribution < 1.29 is 14.3 Å². The Kier molecular flexibility index (Phi) is 9.32. The van der Waals surface area contributed by atoms with E-state index in [2.05, 4.69) is 66.7 Å². The first-order valence-corrected chi connectivity index (χ1v) is 12.2. The van der Waals surface area contributed by atoms with E-state index in [0.717, 1.165) is 16.9 Å². The van der Waals surface area contributed by atoms with Gasteiger partial charge in [0.2, 0.25) is 0 Å². The van der Waals surface area contributed by atoms with E-state index in [9.17, 15) is 4.79 Å². The predicted octanol–water partition coefficient (Wildman–Crippen LogP) is 8.43. The molecule has 1 aromatic rings. The van der Waals surface area contributed by atoms with Gasteiger partial charge in [-0.3, -0.25) is 0 Å². The van der Waals surface area contributed by atoms with E-state index in [4.69, 9.17) is 9.47 Å². The molecule has 0 bridgehead atoms. The highest BCUT2D eigenvalue weighted by Gasteiger charge is 2.26. The molecular formula is C31H42O3. The van der Waals surface area contributed by atoms with Gasteiger partial charge in [0.25, 0.3) is 0 Å². The quantitative estimate of drug-likeness (QED) is 0.176. The molecule has 0 fully saturated rings. The van der Waals surface area contributed by atoms with Gasteiger partial charge in [-0.2, -0.15) is 0 Å². The fraction of sp³-hybridized carbons (Fsp3) is 0.452. The Morgan fingerprint density at radius 1 is 1.09 bits per heavy atom. The number of rotatable bonds is 7. The van der Waals surface area contributed by atoms with Crippen molar-refractivity contribution in [1.82, 2.24) is 0 Å². The predicted molar refractivity (Wildman–Crippen MR) is 143 cm³/mol. The van der Waals surface area contributed by atoms with E-state index < -0.39 is 0 Å². The van der Waals surface area contributed by atoms with Crippen LogP contribution in [0.5, 0.6) is 11.5 Å². The van der Waals surface area contributed by atoms with Crippen molar-refractivity contribution >= 4 is 5.97 Å². The molecule has 2 rings (SSSR count). The van der Waals surface area contributed by atoms with Gasteiger partial charge in [-0.1, -0.05) is 76.1 Å². The molecule has 1 aliphatic carbocycles. The Morgan fingerprint density at radius 3 is 2.41 bits per heavy atom. The van der Waals surface area contributed by atoms with Crippen molar-refractivity contribution in [2.45, 2.75) is 80.1 Å². The van der Waals surface area contributed by atoms with Crippen LogP contribution in [0.25, 0.3) is 0 Å². The molecule has 0 saturated heterocycles. The number of carbonyl (C=O) groups excluding carboxylic acids is 1. The lowest BCUT2D eigenvalue weighted by Gasteiger charge is -2.32. The summed E-state index contributed by atoms with van der Waals surface area (Å²) in [6, 6.07) is 5.52. The summed E-state index contributed by atoms with van der Waals surface area (Å²) in [6.45, 7) is 17.2. The minimum atomic E-state index is -0.389. The van der Waals surface area contributed by atoms with Gasteiger partial charge in [-0.15, -0.1) is 0 Å². The first-order chi connectivity index (χ1) is 15.8. The van der Waals surface area contributed by atoms with Crippen LogP contribution in [0.1, 0.15) is 80.2 Å². The highest BCUT2D eigenvalue weighted by molar-refractivity contribution is 5.85. The SMILES string of the molecule is COc1ccc(OC(=O)/C=C(C)/C=C/C=C(C)/C=C/C2=C(C)CCCC2(C)C)c(C(C)(C)C)c1. The average Bonchev–Trinajstić information content (AvgIpc) is 2.72. The number of methoxy groups -OCH3 is 1. The highest BCUT2D eigenvalue weighted by Crippen LogP contribution is 2.40. The van der Waals surface area contributed by atoms with Crippen LogP contribution in [-0.2, 0) is 10.2 Å². The number of ether oxygens (including phenoxy) is 2. The highest BCUT2D eigenvalue weighted by atomic mass is 16.5. The Hall–Kier alpha value is -2.81. The van der Waals surface area contributed by atoms with Gasteiger partial charge in [-0.25, -0.2) is 4.79 Å². The van der Waals surface area contributed by atoms with E-state index in [1.165, 1.54) is 42.1 Å². The molecule has 1 aromatic carbocycles. The number of benzene rings is 1. The molecule has 0 heterocycles. The first-order valence-electron chi connectivity index (χ1n) is 12.2. The number of hydrogen-bond acceptors (Lipinski definition) is 3. The third-order valence-electron chi connectivity index (χ3n) is 6.32. The number of carbonyl (C=O) groups is 1. The zero-order valence-corrected chi connectivity index (χ0v) is 22.5. The minimum absolute atomic E-state index is 0.180. The van der Waals surface area contributed by atoms with Crippen molar-refractivity contribution in [3.8, 4) is 11.5 Å². The van der Waals surface area contributed by atoms with Gasteiger partial charge < -0.3 is 9.47 Å². The van der Waals surface area contributed by atoms with Crippen molar-refractivity contribution in [1.29, 1.82) is 0 Å². The number of hydrogen-bond donors (Lipinski definition) is 0. The Bertz CT molecular complexity index is 1040. The smallest absolute Gasteiger partial charge is 0.336 e. The van der Waals surface area contributed by atoms with Crippen molar-refractivity contribution in [2.24, 2.45) is 5.41 Å². The normalized spacial score (nSPS) is 17.6. The molecule has 3 heteroatoms. The summed E-state index contributed by atoms with van der Waals surface area (Å²) in [7, 11) is 1.63. The first kappa shape index (κ1) is 27.4. The van der Waals surface area contributed by atoms with Crippen LogP contribution in [0.2, 0.25) is 0 Å². The van der Waals surface area contributed by atoms with Crippen LogP contribution in [0.4, 0.5) is 0 Å². The maximum absolute atomic E-state index is 12.5. The lowest BCUT2D eigenvalue weighted by molar-refractivity contribution is -0.129. The van der Waals surface area contributed by atoms with Gasteiger partial charge in [0.15, 0.2) is 0 Å². The maximum Gasteiger partial charge on any atom is 0.336 e. The standard InChI is InChI=1S/C31H42O3/c1-22(15-17-26-24(3)14-11-19-31(26,7)8)12-10-13-23(2)20-29(32)34-28-18-16-25(33-9)21-27(28)30(4,5)6/h10,12-13,15-18,20-21H,11,14,19H2,1-9H3/b13-10+,17-15+,22-12+,23-20+. The van der Waals surface area contributed by atoms with E-state index in [1.54, 1.807) is 19.2 Å². The molecule has 34 heavy (non-hydrogen) atoms. The lowest BCUT2D eigenvalue weighted by atomic mass is 9.72. The van der Waals surface area contributed by atoms with Gasteiger partial charge >= 0.3 is 5.97 Å². The van der Waals surface area contributed by atoms with Gasteiger partial charge in [0, 0.05) is 11.6 Å². The average molecular weight is 463 g/mol. The van der Waals surface area contributed by atoms with Crippen LogP contribution < -0.4 is 9.47 Å². The number of esters is 1. The summed E-state index contributed by atoms with van der Waals surface area (Å²) >= 11 is 0. The zero-order valence-electron chi connectivity index (χ0n) is 22.5. The minimum Gasteiger partial charge on any atom is -0.497 e. The van der Waals surface area contributed by atoms with Gasteiger partial charge in [-0.05, 0) is 80.2 Å². The molecule has 1 aliphatic rings. The molecule has 0 saturated carbocycles. The van der Waals surface area contributed by atoms with E-state index >= 15 is 0 Å². The summed E-state index contributed by atoms with van der Waals surface area (Å²) in [5, 5.41) is 0. The monoisotopic (exact) mass is 462 g/mol. The van der Waals surface area contributed by atoms with Crippen LogP contribution >= 0.6 is 0 Å². The van der Waals surface area contributed by atoms with Crippen molar-refractivity contribution in [2.75, 3.05) is 7.11 Å². The summed E-state index contributed by atoms with van der Waals surface area (Å²) in [5.41, 5.74) is 5.95. The van der Waals surface area contributed by atoms with Crippen molar-refractivity contribution in [3.63, 3.8) is 0 Å². The molecule has 184 valence electrons. The van der Waals surface area contributed by atoms with Crippen LogP contribution in [0.15, 0.2) is 76.9 Å². The molecule has 0 aromatic heterocycles. The van der Waals surface area contributed by atoms with E-state index in [0.29, 0.717) is 5.75 Å². The van der Waals surface area contributed by atoms with Crippen LogP contribution in [-0.4, -0.2) is 13.1 Å². The molecule has 3 nitrogen and oxygen atoms in total.